The Labute approximate surface area is 166 Å². The molecule has 27 heavy (non-hydrogen) atoms. The predicted octanol–water partition coefficient (Wildman–Crippen LogP) is 1.95. The summed E-state index contributed by atoms with van der Waals surface area (Å²) in [7, 11) is 0. The molecule has 0 aliphatic carbocycles. The number of nitrogens with one attached hydrogen (secondary N) is 2. The lowest BCUT2D eigenvalue weighted by Crippen LogP contribution is -3.12. The molecule has 1 aliphatic heterocycles. The molecule has 7 heteroatoms. The number of rotatable bonds is 7. The van der Waals surface area contributed by atoms with Gasteiger partial charge in [0.2, 0.25) is 0 Å². The highest BCUT2D eigenvalue weighted by atomic mass is 32.1. The van der Waals surface area contributed by atoms with Crippen molar-refractivity contribution in [3.8, 4) is 0 Å². The van der Waals surface area contributed by atoms with Gasteiger partial charge >= 0.3 is 0 Å². The maximum absolute atomic E-state index is 12.8. The standard InChI is InChI=1S/C20H31N5OS/c1-5-24(6-2)13-10-21-19(26)17-14(3)16-18(25-11-8-7-9-12-25)22-15(4)23-20(16)27-17/h5-13H2,1-4H3,(H,21,26)/p+1. The molecule has 1 aliphatic rings. The van der Waals surface area contributed by atoms with Crippen LogP contribution < -0.4 is 15.1 Å². The van der Waals surface area contributed by atoms with E-state index in [1.807, 2.05) is 13.8 Å². The summed E-state index contributed by atoms with van der Waals surface area (Å²) in [6.07, 6.45) is 3.69. The van der Waals surface area contributed by atoms with Gasteiger partial charge in [-0.1, -0.05) is 0 Å². The first kappa shape index (κ1) is 20.0. The lowest BCUT2D eigenvalue weighted by molar-refractivity contribution is -0.895. The lowest BCUT2D eigenvalue weighted by atomic mass is 10.1. The van der Waals surface area contributed by atoms with Gasteiger partial charge in [0.1, 0.15) is 16.5 Å². The molecule has 6 nitrogen and oxygen atoms in total. The van der Waals surface area contributed by atoms with Gasteiger partial charge in [-0.05, 0) is 52.5 Å². The number of hydrogen-bond acceptors (Lipinski definition) is 5. The number of fused-ring (bicyclic) bond motifs is 1. The molecule has 0 atom stereocenters. The number of likely N-dealkylation sites (N-methyl/N-ethyl adjacent to an activating group) is 1. The van der Waals surface area contributed by atoms with Crippen LogP contribution in [-0.4, -0.2) is 55.1 Å². The van der Waals surface area contributed by atoms with Gasteiger partial charge in [-0.2, -0.15) is 0 Å². The summed E-state index contributed by atoms with van der Waals surface area (Å²) in [5.74, 6) is 1.81. The first-order chi connectivity index (χ1) is 13.0. The fraction of sp³-hybridized carbons (Fsp3) is 0.650. The number of piperidine rings is 1. The van der Waals surface area contributed by atoms with Gasteiger partial charge in [0.15, 0.2) is 0 Å². The van der Waals surface area contributed by atoms with Gasteiger partial charge in [-0.25, -0.2) is 9.97 Å². The molecule has 3 rings (SSSR count). The molecular weight excluding hydrogens is 358 g/mol. The fourth-order valence-corrected chi connectivity index (χ4v) is 4.95. The van der Waals surface area contributed by atoms with Crippen molar-refractivity contribution in [2.24, 2.45) is 0 Å². The maximum Gasteiger partial charge on any atom is 0.261 e. The van der Waals surface area contributed by atoms with Gasteiger partial charge < -0.3 is 15.1 Å². The van der Waals surface area contributed by atoms with Gasteiger partial charge in [0, 0.05) is 13.1 Å². The van der Waals surface area contributed by atoms with Crippen molar-refractivity contribution in [3.05, 3.63) is 16.3 Å². The Morgan fingerprint density at radius 2 is 1.85 bits per heavy atom. The third kappa shape index (κ3) is 4.41. The second-order valence-electron chi connectivity index (χ2n) is 7.34. The summed E-state index contributed by atoms with van der Waals surface area (Å²) in [4.78, 5) is 27.7. The zero-order valence-corrected chi connectivity index (χ0v) is 17.8. The summed E-state index contributed by atoms with van der Waals surface area (Å²) in [5, 5.41) is 4.16. The SMILES string of the molecule is CC[NH+](CC)CCNC(=O)c1sc2nc(C)nc(N3CCCCC3)c2c1C. The van der Waals surface area contributed by atoms with E-state index in [-0.39, 0.29) is 5.91 Å². The Morgan fingerprint density at radius 1 is 1.15 bits per heavy atom. The van der Waals surface area contributed by atoms with Crippen LogP contribution in [0.25, 0.3) is 10.2 Å². The number of aromatic nitrogens is 2. The number of anilines is 1. The zero-order valence-electron chi connectivity index (χ0n) is 17.0. The number of carbonyl (C=O) groups excluding carboxylic acids is 1. The summed E-state index contributed by atoms with van der Waals surface area (Å²) >= 11 is 1.50. The number of quaternary nitrogens is 1. The highest BCUT2D eigenvalue weighted by Crippen LogP contribution is 2.36. The monoisotopic (exact) mass is 390 g/mol. The fourth-order valence-electron chi connectivity index (χ4n) is 3.81. The topological polar surface area (TPSA) is 62.6 Å². The van der Waals surface area contributed by atoms with E-state index in [0.29, 0.717) is 6.54 Å². The molecular formula is C20H32N5OS+. The Bertz CT molecular complexity index is 793. The van der Waals surface area contributed by atoms with E-state index < -0.39 is 0 Å². The van der Waals surface area contributed by atoms with E-state index in [1.165, 1.54) is 35.5 Å². The zero-order chi connectivity index (χ0) is 19.4. The number of aryl methyl sites for hydroxylation is 2. The number of thiophene rings is 1. The minimum Gasteiger partial charge on any atom is -0.356 e. The third-order valence-corrected chi connectivity index (χ3v) is 6.69. The molecule has 0 spiro atoms. The van der Waals surface area contributed by atoms with Gasteiger partial charge in [0.05, 0.1) is 36.4 Å². The highest BCUT2D eigenvalue weighted by molar-refractivity contribution is 7.20. The average Bonchev–Trinajstić information content (AvgIpc) is 3.01. The molecule has 2 N–H and O–H groups in total. The third-order valence-electron chi connectivity index (χ3n) is 5.51. The first-order valence-corrected chi connectivity index (χ1v) is 11.0. The van der Waals surface area contributed by atoms with E-state index in [0.717, 1.165) is 65.0 Å². The van der Waals surface area contributed by atoms with Crippen LogP contribution in [0.4, 0.5) is 5.82 Å². The summed E-state index contributed by atoms with van der Waals surface area (Å²) in [5.41, 5.74) is 1.02. The summed E-state index contributed by atoms with van der Waals surface area (Å²) in [6.45, 7) is 14.2. The second kappa shape index (κ2) is 8.97. The quantitative estimate of drug-likeness (QED) is 0.759. The molecule has 2 aromatic rings. The normalized spacial score (nSPS) is 14.9. The molecule has 0 bridgehead atoms. The van der Waals surface area contributed by atoms with Crippen molar-refractivity contribution in [1.29, 1.82) is 0 Å². The molecule has 1 saturated heterocycles. The van der Waals surface area contributed by atoms with Crippen molar-refractivity contribution in [2.75, 3.05) is 44.2 Å². The van der Waals surface area contributed by atoms with E-state index >= 15 is 0 Å². The van der Waals surface area contributed by atoms with Gasteiger partial charge in [0.25, 0.3) is 5.91 Å². The van der Waals surface area contributed by atoms with Crippen LogP contribution in [0.5, 0.6) is 0 Å². The Hall–Kier alpha value is -1.73. The van der Waals surface area contributed by atoms with Crippen LogP contribution in [0.3, 0.4) is 0 Å². The molecule has 1 amide bonds. The molecule has 0 saturated carbocycles. The largest absolute Gasteiger partial charge is 0.356 e. The van der Waals surface area contributed by atoms with Crippen molar-refractivity contribution in [1.82, 2.24) is 15.3 Å². The van der Waals surface area contributed by atoms with Crippen molar-refractivity contribution in [3.63, 3.8) is 0 Å². The molecule has 2 aromatic heterocycles. The average molecular weight is 391 g/mol. The van der Waals surface area contributed by atoms with E-state index in [1.54, 1.807) is 0 Å². The van der Waals surface area contributed by atoms with Crippen LogP contribution in [0.1, 0.15) is 54.2 Å². The molecule has 0 unspecified atom stereocenters. The number of amides is 1. The van der Waals surface area contributed by atoms with Crippen LogP contribution >= 0.6 is 11.3 Å². The van der Waals surface area contributed by atoms with E-state index in [4.69, 9.17) is 4.98 Å². The van der Waals surface area contributed by atoms with Crippen molar-refractivity contribution in [2.45, 2.75) is 47.0 Å². The Morgan fingerprint density at radius 3 is 2.52 bits per heavy atom. The van der Waals surface area contributed by atoms with Crippen LogP contribution in [0, 0.1) is 13.8 Å². The summed E-state index contributed by atoms with van der Waals surface area (Å²) in [6, 6.07) is 0. The van der Waals surface area contributed by atoms with Crippen LogP contribution in [-0.2, 0) is 0 Å². The molecule has 0 radical (unpaired) electrons. The minimum atomic E-state index is 0.0179. The van der Waals surface area contributed by atoms with E-state index in [2.05, 4.69) is 29.0 Å². The minimum absolute atomic E-state index is 0.0179. The van der Waals surface area contributed by atoms with Gasteiger partial charge in [-0.3, -0.25) is 4.79 Å². The Balaban J connectivity index is 1.84. The Kier molecular flexibility index (Phi) is 6.65. The lowest BCUT2D eigenvalue weighted by Gasteiger charge is -2.28. The van der Waals surface area contributed by atoms with E-state index in [9.17, 15) is 4.79 Å². The maximum atomic E-state index is 12.8. The molecule has 148 valence electrons. The second-order valence-corrected chi connectivity index (χ2v) is 8.34. The number of hydrogen-bond donors (Lipinski definition) is 2. The first-order valence-electron chi connectivity index (χ1n) is 10.2. The smallest absolute Gasteiger partial charge is 0.261 e. The van der Waals surface area contributed by atoms with Crippen LogP contribution in [0.2, 0.25) is 0 Å². The molecule has 1 fully saturated rings. The van der Waals surface area contributed by atoms with Crippen LogP contribution in [0.15, 0.2) is 0 Å². The summed E-state index contributed by atoms with van der Waals surface area (Å²) < 4.78 is 0. The number of nitrogens with zero attached hydrogens (tertiary/aromatic N) is 3. The molecule has 3 heterocycles. The highest BCUT2D eigenvalue weighted by Gasteiger charge is 2.23. The molecule has 0 aromatic carbocycles. The number of carbonyl (C=O) groups is 1. The van der Waals surface area contributed by atoms with Crippen molar-refractivity contribution < 1.29 is 9.69 Å². The predicted molar refractivity (Wildman–Crippen MR) is 112 cm³/mol. The van der Waals surface area contributed by atoms with Gasteiger partial charge in [-0.15, -0.1) is 11.3 Å². The van der Waals surface area contributed by atoms with Crippen molar-refractivity contribution >= 4 is 33.3 Å².